The van der Waals surface area contributed by atoms with Crippen molar-refractivity contribution in [1.29, 1.82) is 0 Å². The van der Waals surface area contributed by atoms with Gasteiger partial charge in [-0.15, -0.1) is 0 Å². The number of hydrogen-bond donors (Lipinski definition) is 0. The molecule has 0 unspecified atom stereocenters. The minimum Gasteiger partial charge on any atom is -0.206 e. The van der Waals surface area contributed by atoms with E-state index < -0.39 is 0 Å². The maximum absolute atomic E-state index is 12.3. The molecule has 0 amide bonds. The highest BCUT2D eigenvalue weighted by molar-refractivity contribution is 14.1. The SMILES string of the molecule is [18F]c1ccccc1I. The number of benzene rings is 1. The quantitative estimate of drug-likeness (QED) is 0.590. The van der Waals surface area contributed by atoms with Crippen molar-refractivity contribution in [2.24, 2.45) is 0 Å². The zero-order valence-electron chi connectivity index (χ0n) is 4.07. The Kier molecular flexibility index (Phi) is 1.83. The summed E-state index contributed by atoms with van der Waals surface area (Å²) in [5.74, 6) is -0.145. The normalized spacial score (nSPS) is 9.25. The summed E-state index contributed by atoms with van der Waals surface area (Å²) >= 11 is 1.95. The smallest absolute Gasteiger partial charge is 0.136 e. The average molecular weight is 221 g/mol. The van der Waals surface area contributed by atoms with Crippen LogP contribution in [0, 0.1) is 9.39 Å². The van der Waals surface area contributed by atoms with Crippen molar-refractivity contribution in [2.45, 2.75) is 0 Å². The number of hydrogen-bond acceptors (Lipinski definition) is 0. The van der Waals surface area contributed by atoms with Crippen LogP contribution in [0.5, 0.6) is 0 Å². The first-order chi connectivity index (χ1) is 3.80. The molecule has 0 bridgehead atoms. The Bertz CT molecular complexity index is 165. The zero-order valence-corrected chi connectivity index (χ0v) is 6.22. The van der Waals surface area contributed by atoms with E-state index in [-0.39, 0.29) is 5.82 Å². The van der Waals surface area contributed by atoms with E-state index in [0.29, 0.717) is 3.57 Å². The van der Waals surface area contributed by atoms with Crippen LogP contribution < -0.4 is 0 Å². The Morgan fingerprint density at radius 3 is 2.25 bits per heavy atom. The lowest BCUT2D eigenvalue weighted by Gasteiger charge is -1.87. The van der Waals surface area contributed by atoms with Crippen molar-refractivity contribution in [3.05, 3.63) is 33.7 Å². The summed E-state index contributed by atoms with van der Waals surface area (Å²) in [6, 6.07) is 6.67. The van der Waals surface area contributed by atoms with Crippen molar-refractivity contribution >= 4 is 22.6 Å². The van der Waals surface area contributed by atoms with Crippen LogP contribution >= 0.6 is 22.6 Å². The Labute approximate surface area is 60.9 Å². The lowest BCUT2D eigenvalue weighted by atomic mass is 10.4. The molecule has 0 saturated heterocycles. The minimum atomic E-state index is -0.145. The van der Waals surface area contributed by atoms with E-state index in [1.165, 1.54) is 6.07 Å². The summed E-state index contributed by atoms with van der Waals surface area (Å²) in [6.07, 6.45) is 0. The van der Waals surface area contributed by atoms with Crippen LogP contribution in [0.4, 0.5) is 4.39 Å². The van der Waals surface area contributed by atoms with E-state index in [2.05, 4.69) is 0 Å². The molecule has 0 radical (unpaired) electrons. The molecule has 0 heterocycles. The molecule has 0 aliphatic carbocycles. The first kappa shape index (κ1) is 6.01. The average Bonchev–Trinajstić information content (AvgIpc) is 1.77. The summed E-state index contributed by atoms with van der Waals surface area (Å²) in [7, 11) is 0. The van der Waals surface area contributed by atoms with Crippen LogP contribution in [0.15, 0.2) is 24.3 Å². The minimum absolute atomic E-state index is 0.145. The van der Waals surface area contributed by atoms with Crippen molar-refractivity contribution in [2.75, 3.05) is 0 Å². The van der Waals surface area contributed by atoms with Gasteiger partial charge in [-0.25, -0.2) is 4.39 Å². The predicted molar refractivity (Wildman–Crippen MR) is 39.1 cm³/mol. The van der Waals surface area contributed by atoms with Crippen molar-refractivity contribution in [3.63, 3.8) is 0 Å². The summed E-state index contributed by atoms with van der Waals surface area (Å²) in [5.41, 5.74) is 0. The second-order valence-electron chi connectivity index (χ2n) is 1.41. The van der Waals surface area contributed by atoms with Gasteiger partial charge in [-0.2, -0.15) is 0 Å². The Hall–Kier alpha value is -0.120. The second-order valence-corrected chi connectivity index (χ2v) is 2.58. The Balaban J connectivity index is 3.13. The van der Waals surface area contributed by atoms with Gasteiger partial charge in [0.1, 0.15) is 5.82 Å². The number of rotatable bonds is 0. The summed E-state index contributed by atoms with van der Waals surface area (Å²) in [5, 5.41) is 0. The fourth-order valence-corrected chi connectivity index (χ4v) is 0.827. The summed E-state index contributed by atoms with van der Waals surface area (Å²) in [4.78, 5) is 0. The van der Waals surface area contributed by atoms with E-state index in [1.54, 1.807) is 12.1 Å². The first-order valence-electron chi connectivity index (χ1n) is 2.21. The zero-order chi connectivity index (χ0) is 5.98. The third kappa shape index (κ3) is 1.18. The topological polar surface area (TPSA) is 0 Å². The van der Waals surface area contributed by atoms with E-state index in [0.717, 1.165) is 0 Å². The van der Waals surface area contributed by atoms with Crippen molar-refractivity contribution < 1.29 is 4.39 Å². The molecule has 0 aliphatic rings. The molecule has 2 heteroatoms. The lowest BCUT2D eigenvalue weighted by Crippen LogP contribution is -1.75. The van der Waals surface area contributed by atoms with Crippen LogP contribution in [0.2, 0.25) is 0 Å². The highest BCUT2D eigenvalue weighted by Crippen LogP contribution is 2.07. The van der Waals surface area contributed by atoms with Gasteiger partial charge in [0.15, 0.2) is 0 Å². The lowest BCUT2D eigenvalue weighted by molar-refractivity contribution is 0.620. The van der Waals surface area contributed by atoms with Crippen LogP contribution in [0.3, 0.4) is 0 Å². The molecule has 1 aromatic carbocycles. The summed E-state index contributed by atoms with van der Waals surface area (Å²) < 4.78 is 13.0. The van der Waals surface area contributed by atoms with E-state index >= 15 is 0 Å². The van der Waals surface area contributed by atoms with Crippen LogP contribution in [0.25, 0.3) is 0 Å². The first-order valence-corrected chi connectivity index (χ1v) is 3.28. The molecule has 0 spiro atoms. The van der Waals surface area contributed by atoms with Gasteiger partial charge in [0, 0.05) is 3.57 Å². The molecule has 0 fully saturated rings. The Morgan fingerprint density at radius 1 is 1.25 bits per heavy atom. The molecule has 42 valence electrons. The maximum Gasteiger partial charge on any atom is 0.136 e. The summed E-state index contributed by atoms with van der Waals surface area (Å²) in [6.45, 7) is 0. The van der Waals surface area contributed by atoms with Crippen molar-refractivity contribution in [1.82, 2.24) is 0 Å². The largest absolute Gasteiger partial charge is 0.206 e. The van der Waals surface area contributed by atoms with Crippen LogP contribution in [-0.2, 0) is 0 Å². The highest BCUT2D eigenvalue weighted by atomic mass is 127. The molecule has 0 aliphatic heterocycles. The van der Waals surface area contributed by atoms with Crippen LogP contribution in [-0.4, -0.2) is 0 Å². The molecule has 0 saturated carbocycles. The molecule has 0 atom stereocenters. The van der Waals surface area contributed by atoms with Gasteiger partial charge in [-0.3, -0.25) is 0 Å². The van der Waals surface area contributed by atoms with E-state index in [9.17, 15) is 4.39 Å². The van der Waals surface area contributed by atoms with Gasteiger partial charge in [0.2, 0.25) is 0 Å². The van der Waals surface area contributed by atoms with Gasteiger partial charge in [0.05, 0.1) is 0 Å². The molecule has 0 nitrogen and oxygen atoms in total. The third-order valence-electron chi connectivity index (χ3n) is 0.824. The monoisotopic (exact) mass is 221 g/mol. The molecule has 8 heavy (non-hydrogen) atoms. The van der Waals surface area contributed by atoms with E-state index in [4.69, 9.17) is 0 Å². The molecule has 0 N–H and O–H groups in total. The fourth-order valence-electron chi connectivity index (χ4n) is 0.439. The van der Waals surface area contributed by atoms with E-state index in [1.807, 2.05) is 28.7 Å². The maximum atomic E-state index is 12.3. The predicted octanol–water partition coefficient (Wildman–Crippen LogP) is 2.43. The highest BCUT2D eigenvalue weighted by Gasteiger charge is 1.90. The van der Waals surface area contributed by atoms with Crippen LogP contribution in [0.1, 0.15) is 0 Å². The molecule has 1 rings (SSSR count). The second kappa shape index (κ2) is 2.44. The third-order valence-corrected chi connectivity index (χ3v) is 1.70. The van der Waals surface area contributed by atoms with Gasteiger partial charge in [0.25, 0.3) is 0 Å². The Morgan fingerprint density at radius 2 is 1.88 bits per heavy atom. The molecule has 1 aromatic rings. The molecular formula is C6H4FI. The fraction of sp³-hybridized carbons (Fsp3) is 0. The van der Waals surface area contributed by atoms with Gasteiger partial charge >= 0.3 is 0 Å². The number of halogens is 2. The van der Waals surface area contributed by atoms with Crippen molar-refractivity contribution in [3.8, 4) is 0 Å². The van der Waals surface area contributed by atoms with Gasteiger partial charge in [-0.1, -0.05) is 12.1 Å². The van der Waals surface area contributed by atoms with Gasteiger partial charge in [-0.05, 0) is 34.7 Å². The molecule has 0 aromatic heterocycles. The van der Waals surface area contributed by atoms with Gasteiger partial charge < -0.3 is 0 Å². The molecular weight excluding hydrogens is 217 g/mol. The standard InChI is InChI=1S/C6H4FI/c7-5-3-1-2-4-6(5)8/h1-4H/i7-1.